The topological polar surface area (TPSA) is 28.6 Å². The molecule has 1 aromatic heterocycles. The second-order valence-corrected chi connectivity index (χ2v) is 9.57. The summed E-state index contributed by atoms with van der Waals surface area (Å²) < 4.78 is 5.48. The van der Waals surface area contributed by atoms with Gasteiger partial charge in [0.15, 0.2) is 0 Å². The second-order valence-electron chi connectivity index (χ2n) is 8.85. The minimum absolute atomic E-state index is 0.659. The van der Waals surface area contributed by atoms with Gasteiger partial charge in [0, 0.05) is 37.1 Å². The van der Waals surface area contributed by atoms with E-state index in [1.54, 1.807) is 18.4 Å². The summed E-state index contributed by atoms with van der Waals surface area (Å²) in [6.45, 7) is 4.78. The molecule has 5 heteroatoms. The lowest BCUT2D eigenvalue weighted by atomic mass is 9.71. The molecular formula is C23H31N3OS. The number of fused-ring (bicyclic) bond motifs is 4. The summed E-state index contributed by atoms with van der Waals surface area (Å²) >= 11 is 1.72. The predicted octanol–water partition coefficient (Wildman–Crippen LogP) is 4.07. The highest BCUT2D eigenvalue weighted by Gasteiger charge is 2.46. The van der Waals surface area contributed by atoms with Crippen LogP contribution in [0.25, 0.3) is 0 Å². The molecule has 1 aromatic carbocycles. The van der Waals surface area contributed by atoms with Crippen LogP contribution in [0.2, 0.25) is 0 Å². The largest absolute Gasteiger partial charge is 0.497 e. The number of rotatable bonds is 5. The number of benzene rings is 1. The van der Waals surface area contributed by atoms with E-state index in [0.717, 1.165) is 36.6 Å². The van der Waals surface area contributed by atoms with E-state index in [2.05, 4.69) is 44.4 Å². The van der Waals surface area contributed by atoms with Crippen molar-refractivity contribution in [1.82, 2.24) is 14.8 Å². The first-order chi connectivity index (χ1) is 13.8. The molecule has 2 bridgehead atoms. The molecule has 0 amide bonds. The Hall–Kier alpha value is -1.43. The van der Waals surface area contributed by atoms with E-state index in [1.165, 1.54) is 56.6 Å². The van der Waals surface area contributed by atoms with Crippen LogP contribution in [0.1, 0.15) is 36.9 Å². The van der Waals surface area contributed by atoms with Crippen LogP contribution in [0.5, 0.6) is 5.75 Å². The smallest absolute Gasteiger partial charge is 0.119 e. The fraction of sp³-hybridized carbons (Fsp3) is 0.609. The number of likely N-dealkylation sites (tertiary alicyclic amines) is 1. The molecule has 150 valence electrons. The third-order valence-electron chi connectivity index (χ3n) is 7.15. The first kappa shape index (κ1) is 18.6. The van der Waals surface area contributed by atoms with Gasteiger partial charge >= 0.3 is 0 Å². The van der Waals surface area contributed by atoms with Gasteiger partial charge in [-0.2, -0.15) is 0 Å². The quantitative estimate of drug-likeness (QED) is 0.760. The van der Waals surface area contributed by atoms with Crippen molar-refractivity contribution in [2.75, 3.05) is 26.7 Å². The molecule has 3 aliphatic heterocycles. The first-order valence-corrected chi connectivity index (χ1v) is 11.7. The molecule has 0 spiro atoms. The van der Waals surface area contributed by atoms with Gasteiger partial charge in [0.2, 0.25) is 0 Å². The van der Waals surface area contributed by atoms with Gasteiger partial charge < -0.3 is 4.74 Å². The van der Waals surface area contributed by atoms with Crippen molar-refractivity contribution in [2.45, 2.75) is 50.7 Å². The predicted molar refractivity (Wildman–Crippen MR) is 114 cm³/mol. The number of thiazole rings is 1. The summed E-state index contributed by atoms with van der Waals surface area (Å²) in [5.41, 5.74) is 4.63. The van der Waals surface area contributed by atoms with E-state index in [4.69, 9.17) is 4.74 Å². The van der Waals surface area contributed by atoms with Gasteiger partial charge in [-0.1, -0.05) is 18.6 Å². The summed E-state index contributed by atoms with van der Waals surface area (Å²) in [7, 11) is 1.77. The Morgan fingerprint density at radius 3 is 3.00 bits per heavy atom. The lowest BCUT2D eigenvalue weighted by Crippen LogP contribution is -2.63. The zero-order valence-corrected chi connectivity index (χ0v) is 17.6. The normalized spacial score (nSPS) is 30.8. The Bertz CT molecular complexity index is 780. The number of aromatic nitrogens is 1. The Morgan fingerprint density at radius 2 is 2.14 bits per heavy atom. The summed E-state index contributed by atoms with van der Waals surface area (Å²) in [5.74, 6) is 2.58. The van der Waals surface area contributed by atoms with Crippen molar-refractivity contribution in [3.8, 4) is 5.75 Å². The molecule has 0 radical (unpaired) electrons. The minimum Gasteiger partial charge on any atom is -0.497 e. The molecule has 5 rings (SSSR count). The molecule has 0 aliphatic carbocycles. The van der Waals surface area contributed by atoms with Gasteiger partial charge in [-0.05, 0) is 61.8 Å². The van der Waals surface area contributed by atoms with Crippen LogP contribution in [-0.2, 0) is 13.0 Å². The third kappa shape index (κ3) is 3.72. The van der Waals surface area contributed by atoms with Crippen molar-refractivity contribution < 1.29 is 4.74 Å². The van der Waals surface area contributed by atoms with Crippen LogP contribution in [0.4, 0.5) is 0 Å². The Labute approximate surface area is 172 Å². The fourth-order valence-electron chi connectivity index (χ4n) is 6.00. The number of nitrogens with zero attached hydrogens (tertiary/aromatic N) is 3. The molecule has 4 atom stereocenters. The molecule has 3 aliphatic rings. The van der Waals surface area contributed by atoms with Crippen LogP contribution in [0.3, 0.4) is 0 Å². The van der Waals surface area contributed by atoms with Crippen LogP contribution in [0, 0.1) is 11.8 Å². The molecule has 2 aromatic rings. The standard InChI is InChI=1S/C23H31N3OS/c1-27-21-6-4-5-17(9-21)10-23-19-11-18(22-7-2-3-8-26(22)23)12-25(13-19)14-20-15-28-16-24-20/h4-6,9,15-16,18-19,22-23H,2-3,7-8,10-14H2,1H3/t18-,19+,22+,23+/m1/s1. The zero-order chi connectivity index (χ0) is 18.9. The van der Waals surface area contributed by atoms with Crippen LogP contribution < -0.4 is 4.74 Å². The number of ether oxygens (including phenoxy) is 1. The third-order valence-corrected chi connectivity index (χ3v) is 7.78. The molecule has 3 fully saturated rings. The number of piperidine rings is 3. The van der Waals surface area contributed by atoms with Crippen LogP contribution in [0.15, 0.2) is 35.2 Å². The summed E-state index contributed by atoms with van der Waals surface area (Å²) in [4.78, 5) is 10.1. The molecule has 28 heavy (non-hydrogen) atoms. The van der Waals surface area contributed by atoms with E-state index >= 15 is 0 Å². The SMILES string of the molecule is COc1cccc(C[C@H]2[C@H]3C[C@H](CN(Cc4cscn4)C3)[C@@H]3CCCCN32)c1. The maximum absolute atomic E-state index is 5.48. The van der Waals surface area contributed by atoms with E-state index in [0.29, 0.717) is 6.04 Å². The maximum Gasteiger partial charge on any atom is 0.119 e. The van der Waals surface area contributed by atoms with Crippen molar-refractivity contribution in [3.05, 3.63) is 46.4 Å². The summed E-state index contributed by atoms with van der Waals surface area (Å²) in [6.07, 6.45) is 6.71. The molecule has 3 saturated heterocycles. The molecule has 0 unspecified atom stereocenters. The van der Waals surface area contributed by atoms with E-state index < -0.39 is 0 Å². The highest BCUT2D eigenvalue weighted by Crippen LogP contribution is 2.42. The van der Waals surface area contributed by atoms with Gasteiger partial charge in [0.25, 0.3) is 0 Å². The number of hydrogen-bond acceptors (Lipinski definition) is 5. The van der Waals surface area contributed by atoms with Gasteiger partial charge in [0.05, 0.1) is 18.3 Å². The average Bonchev–Trinajstić information content (AvgIpc) is 3.24. The van der Waals surface area contributed by atoms with Crippen LogP contribution in [-0.4, -0.2) is 53.6 Å². The van der Waals surface area contributed by atoms with Crippen molar-refractivity contribution in [1.29, 1.82) is 0 Å². The molecule has 4 heterocycles. The minimum atomic E-state index is 0.659. The number of methoxy groups -OCH3 is 1. The summed E-state index contributed by atoms with van der Waals surface area (Å²) in [6, 6.07) is 10.2. The number of hydrogen-bond donors (Lipinski definition) is 0. The zero-order valence-electron chi connectivity index (χ0n) is 16.8. The molecule has 0 N–H and O–H groups in total. The van der Waals surface area contributed by atoms with Gasteiger partial charge in [-0.3, -0.25) is 9.80 Å². The van der Waals surface area contributed by atoms with Gasteiger partial charge in [0.1, 0.15) is 5.75 Å². The Morgan fingerprint density at radius 1 is 1.21 bits per heavy atom. The monoisotopic (exact) mass is 397 g/mol. The van der Waals surface area contributed by atoms with Gasteiger partial charge in [-0.15, -0.1) is 11.3 Å². The molecular weight excluding hydrogens is 366 g/mol. The van der Waals surface area contributed by atoms with Crippen LogP contribution >= 0.6 is 11.3 Å². The lowest BCUT2D eigenvalue weighted by Gasteiger charge is -2.57. The van der Waals surface area contributed by atoms with E-state index in [-0.39, 0.29) is 0 Å². The lowest BCUT2D eigenvalue weighted by molar-refractivity contribution is -0.0731. The van der Waals surface area contributed by atoms with Crippen molar-refractivity contribution in [2.24, 2.45) is 11.8 Å². The Balaban J connectivity index is 1.38. The maximum atomic E-state index is 5.48. The highest BCUT2D eigenvalue weighted by atomic mass is 32.1. The Kier molecular flexibility index (Phi) is 5.40. The first-order valence-electron chi connectivity index (χ1n) is 10.8. The average molecular weight is 398 g/mol. The molecule has 0 saturated carbocycles. The van der Waals surface area contributed by atoms with Gasteiger partial charge in [-0.25, -0.2) is 4.98 Å². The summed E-state index contributed by atoms with van der Waals surface area (Å²) in [5, 5.41) is 2.21. The van der Waals surface area contributed by atoms with E-state index in [9.17, 15) is 0 Å². The highest BCUT2D eigenvalue weighted by molar-refractivity contribution is 7.07. The van der Waals surface area contributed by atoms with E-state index in [1.807, 2.05) is 5.51 Å². The molecule has 4 nitrogen and oxygen atoms in total. The fourth-order valence-corrected chi connectivity index (χ4v) is 6.55. The van der Waals surface area contributed by atoms with Crippen molar-refractivity contribution in [3.63, 3.8) is 0 Å². The van der Waals surface area contributed by atoms with Crippen molar-refractivity contribution >= 4 is 11.3 Å². The second kappa shape index (κ2) is 8.13.